The average molecular weight is 345 g/mol. The molecule has 0 bridgehead atoms. The fourth-order valence-corrected chi connectivity index (χ4v) is 4.06. The van der Waals surface area contributed by atoms with E-state index in [1.54, 1.807) is 11.3 Å². The highest BCUT2D eigenvalue weighted by Gasteiger charge is 2.24. The van der Waals surface area contributed by atoms with Gasteiger partial charge in [-0.15, -0.1) is 11.3 Å². The Morgan fingerprint density at radius 3 is 2.82 bits per heavy atom. The van der Waals surface area contributed by atoms with E-state index in [-0.39, 0.29) is 0 Å². The lowest BCUT2D eigenvalue weighted by Gasteiger charge is -2.29. The average Bonchev–Trinajstić information content (AvgIpc) is 2.98. The van der Waals surface area contributed by atoms with Crippen LogP contribution in [0, 0.1) is 5.92 Å². The number of aliphatic imine (C=N–C) groups is 1. The van der Waals surface area contributed by atoms with Crippen molar-refractivity contribution in [2.24, 2.45) is 16.6 Å². The second kappa shape index (κ2) is 7.94. The molecule has 1 saturated heterocycles. The number of hydrogen-bond donors (Lipinski definition) is 2. The van der Waals surface area contributed by atoms with Crippen molar-refractivity contribution in [3.8, 4) is 0 Å². The van der Waals surface area contributed by atoms with Crippen LogP contribution in [0.5, 0.6) is 0 Å². The lowest BCUT2D eigenvalue weighted by atomic mass is 9.98. The number of nitrogens with two attached hydrogens (primary N) is 1. The Hall–Kier alpha value is -1.12. The lowest BCUT2D eigenvalue weighted by molar-refractivity contribution is 0.280. The first kappa shape index (κ1) is 17.2. The summed E-state index contributed by atoms with van der Waals surface area (Å²) < 4.78 is 24.4. The Bertz CT molecular complexity index is 576. The molecule has 3 N–H and O–H groups in total. The molecule has 0 amide bonds. The number of nitrogens with zero attached hydrogens (tertiary/aromatic N) is 2. The smallest absolute Gasteiger partial charge is 0.211 e. The molecule has 1 aliphatic rings. The molecule has 0 aliphatic carbocycles. The highest BCUT2D eigenvalue weighted by molar-refractivity contribution is 7.88. The number of guanidine groups is 1. The first-order chi connectivity index (χ1) is 10.4. The SMILES string of the molecule is CS(=O)(=O)N1CCC(CN=C(N)NCCc2cccs2)CC1. The topological polar surface area (TPSA) is 87.8 Å². The zero-order valence-electron chi connectivity index (χ0n) is 12.9. The van der Waals surface area contributed by atoms with Gasteiger partial charge in [0.15, 0.2) is 5.96 Å². The minimum absolute atomic E-state index is 0.413. The van der Waals surface area contributed by atoms with Gasteiger partial charge in [-0.25, -0.2) is 12.7 Å². The van der Waals surface area contributed by atoms with Gasteiger partial charge in [0.2, 0.25) is 10.0 Å². The van der Waals surface area contributed by atoms with E-state index in [4.69, 9.17) is 5.73 Å². The Morgan fingerprint density at radius 1 is 1.50 bits per heavy atom. The molecule has 0 unspecified atom stereocenters. The van der Waals surface area contributed by atoms with E-state index in [1.165, 1.54) is 15.4 Å². The summed E-state index contributed by atoms with van der Waals surface area (Å²) in [5, 5.41) is 5.19. The predicted octanol–water partition coefficient (Wildman–Crippen LogP) is 0.867. The summed E-state index contributed by atoms with van der Waals surface area (Å²) in [6.45, 7) is 2.62. The highest BCUT2D eigenvalue weighted by atomic mass is 32.2. The maximum atomic E-state index is 11.4. The van der Waals surface area contributed by atoms with Crippen LogP contribution in [0.3, 0.4) is 0 Å². The molecule has 0 spiro atoms. The molecular formula is C14H24N4O2S2. The molecule has 124 valence electrons. The summed E-state index contributed by atoms with van der Waals surface area (Å²) in [6, 6.07) is 4.15. The summed E-state index contributed by atoms with van der Waals surface area (Å²) in [5.41, 5.74) is 5.86. The van der Waals surface area contributed by atoms with Crippen molar-refractivity contribution in [1.29, 1.82) is 0 Å². The molecule has 0 radical (unpaired) electrons. The Morgan fingerprint density at radius 2 is 2.23 bits per heavy atom. The van der Waals surface area contributed by atoms with Gasteiger partial charge in [-0.3, -0.25) is 4.99 Å². The quantitative estimate of drug-likeness (QED) is 0.592. The second-order valence-electron chi connectivity index (χ2n) is 5.59. The van der Waals surface area contributed by atoms with E-state index >= 15 is 0 Å². The van der Waals surface area contributed by atoms with E-state index in [0.29, 0.717) is 31.5 Å². The number of rotatable bonds is 6. The molecule has 22 heavy (non-hydrogen) atoms. The fourth-order valence-electron chi connectivity index (χ4n) is 2.48. The van der Waals surface area contributed by atoms with E-state index in [9.17, 15) is 8.42 Å². The lowest BCUT2D eigenvalue weighted by Crippen LogP contribution is -2.39. The van der Waals surface area contributed by atoms with Crippen molar-refractivity contribution in [3.05, 3.63) is 22.4 Å². The van der Waals surface area contributed by atoms with Gasteiger partial charge in [-0.1, -0.05) is 6.07 Å². The van der Waals surface area contributed by atoms with Gasteiger partial charge in [-0.05, 0) is 36.6 Å². The van der Waals surface area contributed by atoms with Crippen molar-refractivity contribution >= 4 is 27.3 Å². The van der Waals surface area contributed by atoms with Gasteiger partial charge in [0.1, 0.15) is 0 Å². The summed E-state index contributed by atoms with van der Waals surface area (Å²) >= 11 is 1.74. The molecule has 2 rings (SSSR count). The van der Waals surface area contributed by atoms with E-state index < -0.39 is 10.0 Å². The van der Waals surface area contributed by atoms with Crippen LogP contribution in [-0.2, 0) is 16.4 Å². The number of thiophene rings is 1. The van der Waals surface area contributed by atoms with Crippen molar-refractivity contribution in [3.63, 3.8) is 0 Å². The minimum atomic E-state index is -3.05. The van der Waals surface area contributed by atoms with Gasteiger partial charge >= 0.3 is 0 Å². The monoisotopic (exact) mass is 344 g/mol. The molecule has 0 atom stereocenters. The maximum Gasteiger partial charge on any atom is 0.211 e. The van der Waals surface area contributed by atoms with Crippen LogP contribution < -0.4 is 11.1 Å². The van der Waals surface area contributed by atoms with Crippen molar-refractivity contribution in [2.75, 3.05) is 32.4 Å². The van der Waals surface area contributed by atoms with Gasteiger partial charge in [-0.2, -0.15) is 0 Å². The van der Waals surface area contributed by atoms with Crippen LogP contribution >= 0.6 is 11.3 Å². The first-order valence-corrected chi connectivity index (χ1v) is 10.2. The van der Waals surface area contributed by atoms with Crippen LogP contribution in [0.1, 0.15) is 17.7 Å². The largest absolute Gasteiger partial charge is 0.370 e. The first-order valence-electron chi connectivity index (χ1n) is 7.46. The van der Waals surface area contributed by atoms with Crippen LogP contribution in [0.25, 0.3) is 0 Å². The van der Waals surface area contributed by atoms with Crippen LogP contribution in [0.15, 0.2) is 22.5 Å². The van der Waals surface area contributed by atoms with Crippen molar-refractivity contribution in [2.45, 2.75) is 19.3 Å². The Kier molecular flexibility index (Phi) is 6.22. The molecule has 0 aromatic carbocycles. The minimum Gasteiger partial charge on any atom is -0.370 e. The van der Waals surface area contributed by atoms with Crippen LogP contribution in [0.2, 0.25) is 0 Å². The third-order valence-electron chi connectivity index (χ3n) is 3.82. The number of nitrogens with one attached hydrogen (secondary N) is 1. The number of piperidine rings is 1. The third kappa shape index (κ3) is 5.58. The van der Waals surface area contributed by atoms with Crippen LogP contribution in [0.4, 0.5) is 0 Å². The van der Waals surface area contributed by atoms with Gasteiger partial charge in [0.05, 0.1) is 6.26 Å². The number of sulfonamides is 1. The molecule has 1 aliphatic heterocycles. The standard InChI is InChI=1S/C14H24N4O2S2/c1-22(19,20)18-8-5-12(6-9-18)11-17-14(15)16-7-4-13-3-2-10-21-13/h2-3,10,12H,4-9,11H2,1H3,(H3,15,16,17). The molecule has 1 fully saturated rings. The fraction of sp³-hybridized carbons (Fsp3) is 0.643. The summed E-state index contributed by atoms with van der Waals surface area (Å²) in [6.07, 6.45) is 3.90. The van der Waals surface area contributed by atoms with E-state index in [0.717, 1.165) is 25.8 Å². The summed E-state index contributed by atoms with van der Waals surface area (Å²) in [4.78, 5) is 5.70. The summed E-state index contributed by atoms with van der Waals surface area (Å²) in [5.74, 6) is 0.887. The van der Waals surface area contributed by atoms with E-state index in [1.807, 2.05) is 6.07 Å². The number of hydrogen-bond acceptors (Lipinski definition) is 4. The zero-order chi connectivity index (χ0) is 16.0. The van der Waals surface area contributed by atoms with Crippen molar-refractivity contribution < 1.29 is 8.42 Å². The molecule has 2 heterocycles. The van der Waals surface area contributed by atoms with Gasteiger partial charge in [0.25, 0.3) is 0 Å². The molecule has 1 aromatic rings. The van der Waals surface area contributed by atoms with Gasteiger partial charge < -0.3 is 11.1 Å². The molecular weight excluding hydrogens is 320 g/mol. The second-order valence-corrected chi connectivity index (χ2v) is 8.60. The predicted molar refractivity (Wildman–Crippen MR) is 91.7 cm³/mol. The van der Waals surface area contributed by atoms with Crippen molar-refractivity contribution in [1.82, 2.24) is 9.62 Å². The van der Waals surface area contributed by atoms with Gasteiger partial charge in [0, 0.05) is 31.1 Å². The Labute approximate surface area is 136 Å². The molecule has 8 heteroatoms. The molecule has 1 aromatic heterocycles. The highest BCUT2D eigenvalue weighted by Crippen LogP contribution is 2.19. The Balaban J connectivity index is 1.66. The molecule has 6 nitrogen and oxygen atoms in total. The normalized spacial score (nSPS) is 18.5. The molecule has 0 saturated carbocycles. The zero-order valence-corrected chi connectivity index (χ0v) is 14.5. The third-order valence-corrected chi connectivity index (χ3v) is 6.06. The van der Waals surface area contributed by atoms with Crippen LogP contribution in [-0.4, -0.2) is 51.1 Å². The van der Waals surface area contributed by atoms with E-state index in [2.05, 4.69) is 21.8 Å². The summed E-state index contributed by atoms with van der Waals surface area (Å²) in [7, 11) is -3.05. The maximum absolute atomic E-state index is 11.4.